The van der Waals surface area contributed by atoms with Gasteiger partial charge in [0.2, 0.25) is 0 Å². The minimum atomic E-state index is 0. The molecule has 2 atom stereocenters. The molecule has 4 rings (SSSR count). The van der Waals surface area contributed by atoms with Crippen LogP contribution < -0.4 is 24.3 Å². The van der Waals surface area contributed by atoms with Gasteiger partial charge in [-0.05, 0) is 24.3 Å². The number of nitrogens with one attached hydrogen (secondary N) is 1. The van der Waals surface area contributed by atoms with Crippen LogP contribution in [0.1, 0.15) is 0 Å². The zero-order valence-electron chi connectivity index (χ0n) is 13.1. The molecule has 0 saturated heterocycles. The van der Waals surface area contributed by atoms with E-state index in [1.165, 1.54) is 0 Å². The molecule has 0 aliphatic carbocycles. The molecular formula is C18H20ClNO4. The number of halogens is 1. The van der Waals surface area contributed by atoms with Crippen LogP contribution in [0.25, 0.3) is 0 Å². The van der Waals surface area contributed by atoms with Gasteiger partial charge in [-0.25, -0.2) is 0 Å². The van der Waals surface area contributed by atoms with Crippen molar-refractivity contribution in [2.24, 2.45) is 0 Å². The van der Waals surface area contributed by atoms with Crippen LogP contribution in [0.4, 0.5) is 0 Å². The molecule has 6 heteroatoms. The fourth-order valence-electron chi connectivity index (χ4n) is 2.73. The Labute approximate surface area is 147 Å². The minimum absolute atomic E-state index is 0. The van der Waals surface area contributed by atoms with Gasteiger partial charge in [-0.1, -0.05) is 24.3 Å². The second-order valence-electron chi connectivity index (χ2n) is 5.65. The maximum Gasteiger partial charge on any atom is 0.161 e. The first-order chi connectivity index (χ1) is 11.4. The maximum atomic E-state index is 5.92. The van der Waals surface area contributed by atoms with Crippen LogP contribution in [-0.2, 0) is 0 Å². The van der Waals surface area contributed by atoms with Crippen LogP contribution in [0.15, 0.2) is 48.5 Å². The fraction of sp³-hybridized carbons (Fsp3) is 0.333. The number of fused-ring (bicyclic) bond motifs is 2. The van der Waals surface area contributed by atoms with Crippen LogP contribution in [0.2, 0.25) is 0 Å². The second kappa shape index (κ2) is 7.64. The summed E-state index contributed by atoms with van der Waals surface area (Å²) in [5.41, 5.74) is 0. The van der Waals surface area contributed by atoms with Crippen molar-refractivity contribution in [1.29, 1.82) is 0 Å². The number of hydrogen-bond acceptors (Lipinski definition) is 5. The summed E-state index contributed by atoms with van der Waals surface area (Å²) in [7, 11) is 0. The van der Waals surface area contributed by atoms with Crippen molar-refractivity contribution in [1.82, 2.24) is 5.32 Å². The van der Waals surface area contributed by atoms with E-state index in [0.29, 0.717) is 26.3 Å². The zero-order valence-corrected chi connectivity index (χ0v) is 14.0. The van der Waals surface area contributed by atoms with Gasteiger partial charge in [0.25, 0.3) is 0 Å². The molecule has 0 saturated carbocycles. The summed E-state index contributed by atoms with van der Waals surface area (Å²) < 4.78 is 23.2. The van der Waals surface area contributed by atoms with Crippen LogP contribution in [-0.4, -0.2) is 38.5 Å². The lowest BCUT2D eigenvalue weighted by Crippen LogP contribution is -2.44. The lowest BCUT2D eigenvalue weighted by Gasteiger charge is -2.29. The number of benzene rings is 2. The van der Waals surface area contributed by atoms with Gasteiger partial charge >= 0.3 is 0 Å². The number of rotatable bonds is 4. The number of para-hydroxylation sites is 4. The Bertz CT molecular complexity index is 624. The van der Waals surface area contributed by atoms with Gasteiger partial charge in [0, 0.05) is 13.1 Å². The second-order valence-corrected chi connectivity index (χ2v) is 5.65. The normalized spacial score (nSPS) is 20.8. The molecule has 128 valence electrons. The van der Waals surface area contributed by atoms with Gasteiger partial charge in [0.05, 0.1) is 0 Å². The summed E-state index contributed by atoms with van der Waals surface area (Å²) in [5.74, 6) is 3.22. The highest BCUT2D eigenvalue weighted by molar-refractivity contribution is 5.85. The molecule has 2 aromatic carbocycles. The van der Waals surface area contributed by atoms with E-state index >= 15 is 0 Å². The van der Waals surface area contributed by atoms with Crippen LogP contribution in [0.3, 0.4) is 0 Å². The molecule has 2 unspecified atom stereocenters. The van der Waals surface area contributed by atoms with E-state index in [2.05, 4.69) is 5.32 Å². The Hall–Kier alpha value is -2.11. The molecule has 0 bridgehead atoms. The van der Waals surface area contributed by atoms with Gasteiger partial charge in [0.1, 0.15) is 25.4 Å². The van der Waals surface area contributed by atoms with Crippen LogP contribution in [0.5, 0.6) is 23.0 Å². The van der Waals surface area contributed by atoms with Crippen molar-refractivity contribution < 1.29 is 18.9 Å². The van der Waals surface area contributed by atoms with E-state index in [0.717, 1.165) is 23.0 Å². The molecule has 24 heavy (non-hydrogen) atoms. The highest BCUT2D eigenvalue weighted by atomic mass is 35.5. The third kappa shape index (κ3) is 3.68. The molecule has 2 heterocycles. The third-order valence-electron chi connectivity index (χ3n) is 3.88. The van der Waals surface area contributed by atoms with Gasteiger partial charge < -0.3 is 24.3 Å². The maximum absolute atomic E-state index is 5.92. The summed E-state index contributed by atoms with van der Waals surface area (Å²) in [5, 5.41) is 3.38. The Morgan fingerprint density at radius 2 is 1.12 bits per heavy atom. The van der Waals surface area contributed by atoms with Crippen molar-refractivity contribution >= 4 is 12.4 Å². The molecule has 1 N–H and O–H groups in total. The average Bonchev–Trinajstić information content (AvgIpc) is 2.61. The monoisotopic (exact) mass is 349 g/mol. The lowest BCUT2D eigenvalue weighted by molar-refractivity contribution is 0.0727. The number of hydrogen-bond donors (Lipinski definition) is 1. The van der Waals surface area contributed by atoms with E-state index in [-0.39, 0.29) is 24.6 Å². The third-order valence-corrected chi connectivity index (χ3v) is 3.88. The van der Waals surface area contributed by atoms with E-state index in [9.17, 15) is 0 Å². The standard InChI is InChI=1S/C18H19NO4.ClH/c1-3-7-17-15(5-1)20-11-13(22-17)9-19-10-14-12-21-16-6-2-4-8-18(16)23-14;/h1-8,13-14,19H,9-12H2;1H. The quantitative estimate of drug-likeness (QED) is 0.919. The van der Waals surface area contributed by atoms with Crippen LogP contribution in [0, 0.1) is 0 Å². The van der Waals surface area contributed by atoms with Crippen molar-refractivity contribution in [3.63, 3.8) is 0 Å². The van der Waals surface area contributed by atoms with Crippen molar-refractivity contribution in [3.05, 3.63) is 48.5 Å². The predicted octanol–water partition coefficient (Wildman–Crippen LogP) is 2.68. The summed E-state index contributed by atoms with van der Waals surface area (Å²) in [6.07, 6.45) is 0.00314. The topological polar surface area (TPSA) is 49.0 Å². The summed E-state index contributed by atoms with van der Waals surface area (Å²) in [6.45, 7) is 2.51. The highest BCUT2D eigenvalue weighted by Crippen LogP contribution is 2.31. The average molecular weight is 350 g/mol. The SMILES string of the molecule is Cl.c1ccc2c(c1)OCC(CNCC1COc3ccccc3O1)O2. The summed E-state index contributed by atoms with van der Waals surface area (Å²) in [6, 6.07) is 15.5. The largest absolute Gasteiger partial charge is 0.486 e. The van der Waals surface area contributed by atoms with E-state index < -0.39 is 0 Å². The smallest absolute Gasteiger partial charge is 0.161 e. The predicted molar refractivity (Wildman–Crippen MR) is 92.8 cm³/mol. The first-order valence-electron chi connectivity index (χ1n) is 7.86. The Kier molecular flexibility index (Phi) is 5.33. The van der Waals surface area contributed by atoms with E-state index in [1.807, 2.05) is 48.5 Å². The Balaban J connectivity index is 0.00000169. The summed E-state index contributed by atoms with van der Waals surface area (Å²) >= 11 is 0. The molecule has 5 nitrogen and oxygen atoms in total. The Morgan fingerprint density at radius 3 is 1.58 bits per heavy atom. The molecular weight excluding hydrogens is 330 g/mol. The molecule has 2 aliphatic heterocycles. The molecule has 0 spiro atoms. The zero-order chi connectivity index (χ0) is 15.5. The lowest BCUT2D eigenvalue weighted by atomic mass is 10.2. The van der Waals surface area contributed by atoms with E-state index in [1.54, 1.807) is 0 Å². The summed E-state index contributed by atoms with van der Waals surface area (Å²) in [4.78, 5) is 0. The van der Waals surface area contributed by atoms with Gasteiger partial charge in [-0.15, -0.1) is 12.4 Å². The molecule has 0 aromatic heterocycles. The Morgan fingerprint density at radius 1 is 0.708 bits per heavy atom. The van der Waals surface area contributed by atoms with Crippen LogP contribution >= 0.6 is 12.4 Å². The van der Waals surface area contributed by atoms with Crippen molar-refractivity contribution in [2.75, 3.05) is 26.3 Å². The number of ether oxygens (including phenoxy) is 4. The van der Waals surface area contributed by atoms with Gasteiger partial charge in [-0.2, -0.15) is 0 Å². The minimum Gasteiger partial charge on any atom is -0.486 e. The molecule has 2 aliphatic rings. The van der Waals surface area contributed by atoms with Gasteiger partial charge in [0.15, 0.2) is 23.0 Å². The van der Waals surface area contributed by atoms with Crippen molar-refractivity contribution in [2.45, 2.75) is 12.2 Å². The van der Waals surface area contributed by atoms with Gasteiger partial charge in [-0.3, -0.25) is 0 Å². The van der Waals surface area contributed by atoms with Crippen molar-refractivity contribution in [3.8, 4) is 23.0 Å². The molecule has 0 radical (unpaired) electrons. The first-order valence-corrected chi connectivity index (χ1v) is 7.86. The fourth-order valence-corrected chi connectivity index (χ4v) is 2.73. The first kappa shape index (κ1) is 16.7. The molecule has 2 aromatic rings. The highest BCUT2D eigenvalue weighted by Gasteiger charge is 2.23. The molecule has 0 fully saturated rings. The van der Waals surface area contributed by atoms with E-state index in [4.69, 9.17) is 18.9 Å². The molecule has 0 amide bonds.